The SMILES string of the molecule is Cc1ccc(NC(=O)C2(c3ccccc3C(C)C)CN(C(=O)CS(=O)(=O)O)C2)c(OC(F)F)n1. The van der Waals surface area contributed by atoms with Gasteiger partial charge in [0.05, 0.1) is 0 Å². The van der Waals surface area contributed by atoms with Crippen LogP contribution in [0.25, 0.3) is 0 Å². The van der Waals surface area contributed by atoms with Gasteiger partial charge in [0, 0.05) is 18.8 Å². The number of nitrogens with one attached hydrogen (secondary N) is 1. The fourth-order valence-corrected chi connectivity index (χ4v) is 4.44. The Morgan fingerprint density at radius 2 is 1.85 bits per heavy atom. The molecule has 3 rings (SSSR count). The van der Waals surface area contributed by atoms with Crippen LogP contribution in [-0.2, 0) is 25.1 Å². The maximum absolute atomic E-state index is 13.6. The van der Waals surface area contributed by atoms with Crippen LogP contribution in [-0.4, -0.2) is 60.1 Å². The van der Waals surface area contributed by atoms with E-state index in [0.717, 1.165) is 10.5 Å². The average Bonchev–Trinajstić information content (AvgIpc) is 2.67. The van der Waals surface area contributed by atoms with Crippen molar-refractivity contribution in [2.24, 2.45) is 0 Å². The summed E-state index contributed by atoms with van der Waals surface area (Å²) < 4.78 is 61.5. The summed E-state index contributed by atoms with van der Waals surface area (Å²) >= 11 is 0. The Hall–Kier alpha value is -3.12. The van der Waals surface area contributed by atoms with Crippen LogP contribution >= 0.6 is 0 Å². The van der Waals surface area contributed by atoms with Crippen LogP contribution in [0.5, 0.6) is 5.88 Å². The van der Waals surface area contributed by atoms with Crippen molar-refractivity contribution in [1.82, 2.24) is 9.88 Å². The number of hydrogen-bond donors (Lipinski definition) is 2. The number of carbonyl (C=O) groups excluding carboxylic acids is 2. The zero-order valence-corrected chi connectivity index (χ0v) is 19.6. The molecule has 1 aromatic carbocycles. The molecule has 0 atom stereocenters. The van der Waals surface area contributed by atoms with Crippen LogP contribution in [0.1, 0.15) is 36.6 Å². The van der Waals surface area contributed by atoms with Gasteiger partial charge >= 0.3 is 6.61 Å². The smallest absolute Gasteiger partial charge is 0.388 e. The van der Waals surface area contributed by atoms with Crippen molar-refractivity contribution in [3.63, 3.8) is 0 Å². The van der Waals surface area contributed by atoms with E-state index in [0.29, 0.717) is 11.3 Å². The van der Waals surface area contributed by atoms with E-state index in [2.05, 4.69) is 15.0 Å². The summed E-state index contributed by atoms with van der Waals surface area (Å²) in [6.07, 6.45) is 0. The Bertz CT molecular complexity index is 1200. The molecule has 184 valence electrons. The predicted molar refractivity (Wildman–Crippen MR) is 119 cm³/mol. The maximum Gasteiger partial charge on any atom is 0.388 e. The minimum Gasteiger partial charge on any atom is -0.415 e. The van der Waals surface area contributed by atoms with Crippen LogP contribution in [0.4, 0.5) is 14.5 Å². The van der Waals surface area contributed by atoms with Gasteiger partial charge in [0.25, 0.3) is 10.1 Å². The number of likely N-dealkylation sites (tertiary alicyclic amines) is 1. The second-order valence-corrected chi connectivity index (χ2v) is 9.89. The Labute approximate surface area is 195 Å². The van der Waals surface area contributed by atoms with E-state index in [1.165, 1.54) is 12.1 Å². The molecular weight excluding hydrogens is 472 g/mol. The molecule has 1 saturated heterocycles. The molecule has 2 heterocycles. The van der Waals surface area contributed by atoms with Crippen molar-refractivity contribution in [1.29, 1.82) is 0 Å². The highest BCUT2D eigenvalue weighted by atomic mass is 32.2. The van der Waals surface area contributed by atoms with E-state index in [-0.39, 0.29) is 24.7 Å². The Morgan fingerprint density at radius 1 is 1.21 bits per heavy atom. The van der Waals surface area contributed by atoms with Gasteiger partial charge in [0.15, 0.2) is 5.75 Å². The van der Waals surface area contributed by atoms with Gasteiger partial charge in [-0.15, -0.1) is 0 Å². The van der Waals surface area contributed by atoms with E-state index in [1.54, 1.807) is 19.1 Å². The van der Waals surface area contributed by atoms with Gasteiger partial charge < -0.3 is 15.0 Å². The van der Waals surface area contributed by atoms with E-state index in [4.69, 9.17) is 4.55 Å². The first-order valence-corrected chi connectivity index (χ1v) is 12.0. The number of pyridine rings is 1. The zero-order valence-electron chi connectivity index (χ0n) is 18.8. The van der Waals surface area contributed by atoms with Gasteiger partial charge in [-0.3, -0.25) is 14.1 Å². The van der Waals surface area contributed by atoms with E-state index in [1.807, 2.05) is 26.0 Å². The number of amides is 2. The second-order valence-electron chi connectivity index (χ2n) is 8.44. The highest BCUT2D eigenvalue weighted by molar-refractivity contribution is 7.86. The zero-order chi connectivity index (χ0) is 25.3. The fraction of sp³-hybridized carbons (Fsp3) is 0.409. The Balaban J connectivity index is 1.98. The Kier molecular flexibility index (Phi) is 7.22. The highest BCUT2D eigenvalue weighted by Crippen LogP contribution is 2.40. The second kappa shape index (κ2) is 9.63. The van der Waals surface area contributed by atoms with Crippen molar-refractivity contribution >= 4 is 27.6 Å². The number of nitrogens with zero attached hydrogens (tertiary/aromatic N) is 2. The van der Waals surface area contributed by atoms with Crippen molar-refractivity contribution < 1.29 is 36.1 Å². The average molecular weight is 498 g/mol. The molecule has 0 spiro atoms. The number of carbonyl (C=O) groups is 2. The van der Waals surface area contributed by atoms with Gasteiger partial charge in [-0.1, -0.05) is 38.1 Å². The summed E-state index contributed by atoms with van der Waals surface area (Å²) in [6.45, 7) is 1.96. The minimum absolute atomic E-state index is 0.0159. The standard InChI is InChI=1S/C22H25F2N3O6S/c1-13(2)15-6-4-5-7-16(15)22(11-27(12-22)18(28)10-34(30,31)32)20(29)26-17-9-8-14(3)25-19(17)33-21(23)24/h4-9,13,21H,10-12H2,1-3H3,(H,26,29)(H,30,31,32). The Morgan fingerprint density at radius 3 is 2.44 bits per heavy atom. The van der Waals surface area contributed by atoms with Crippen molar-refractivity contribution in [3.8, 4) is 5.88 Å². The molecular formula is C22H25F2N3O6S. The monoisotopic (exact) mass is 497 g/mol. The third-order valence-corrected chi connectivity index (χ3v) is 6.17. The van der Waals surface area contributed by atoms with E-state index in [9.17, 15) is 26.8 Å². The minimum atomic E-state index is -4.55. The molecule has 0 radical (unpaired) electrons. The number of alkyl halides is 2. The normalized spacial score (nSPS) is 15.2. The molecule has 2 N–H and O–H groups in total. The lowest BCUT2D eigenvalue weighted by atomic mass is 9.69. The summed E-state index contributed by atoms with van der Waals surface area (Å²) in [5.41, 5.74) is 0.502. The number of anilines is 1. The number of benzene rings is 1. The third-order valence-electron chi connectivity index (χ3n) is 5.56. The van der Waals surface area contributed by atoms with Gasteiger partial charge in [0.2, 0.25) is 17.7 Å². The first-order valence-electron chi connectivity index (χ1n) is 10.4. The first kappa shape index (κ1) is 25.5. The number of hydrogen-bond acceptors (Lipinski definition) is 6. The van der Waals surface area contributed by atoms with Crippen LogP contribution in [0.15, 0.2) is 36.4 Å². The predicted octanol–water partition coefficient (Wildman–Crippen LogP) is 2.72. The molecule has 9 nitrogen and oxygen atoms in total. The molecule has 1 aliphatic rings. The van der Waals surface area contributed by atoms with Gasteiger partial charge in [-0.2, -0.15) is 17.2 Å². The molecule has 1 fully saturated rings. The van der Waals surface area contributed by atoms with Crippen molar-refractivity contribution in [2.75, 3.05) is 24.2 Å². The molecule has 0 aliphatic carbocycles. The molecule has 0 unspecified atom stereocenters. The summed E-state index contributed by atoms with van der Waals surface area (Å²) in [4.78, 5) is 31.0. The van der Waals surface area contributed by atoms with E-state index >= 15 is 0 Å². The molecule has 12 heteroatoms. The van der Waals surface area contributed by atoms with Crippen molar-refractivity contribution in [3.05, 3.63) is 53.2 Å². The summed E-state index contributed by atoms with van der Waals surface area (Å²) in [5.74, 6) is -2.99. The van der Waals surface area contributed by atoms with Crippen LogP contribution in [0.2, 0.25) is 0 Å². The quantitative estimate of drug-likeness (QED) is 0.537. The van der Waals surface area contributed by atoms with Crippen molar-refractivity contribution in [2.45, 2.75) is 38.7 Å². The third kappa shape index (κ3) is 5.50. The number of ether oxygens (including phenoxy) is 1. The van der Waals surface area contributed by atoms with Crippen LogP contribution < -0.4 is 10.1 Å². The summed E-state index contributed by atoms with van der Waals surface area (Å²) in [7, 11) is -4.55. The van der Waals surface area contributed by atoms with Crippen LogP contribution in [0, 0.1) is 6.92 Å². The molecule has 0 saturated carbocycles. The lowest BCUT2D eigenvalue weighted by molar-refractivity contribution is -0.141. The number of rotatable bonds is 8. The molecule has 1 aromatic heterocycles. The van der Waals surface area contributed by atoms with Gasteiger partial charge in [-0.05, 0) is 36.1 Å². The highest BCUT2D eigenvalue weighted by Gasteiger charge is 2.53. The van der Waals surface area contributed by atoms with Gasteiger partial charge in [-0.25, -0.2) is 4.98 Å². The fourth-order valence-electron chi connectivity index (χ4n) is 3.95. The number of halogens is 2. The molecule has 0 bridgehead atoms. The lowest BCUT2D eigenvalue weighted by Crippen LogP contribution is -2.67. The molecule has 2 aromatic rings. The maximum atomic E-state index is 13.6. The summed E-state index contributed by atoms with van der Waals surface area (Å²) in [5, 5.41) is 2.59. The topological polar surface area (TPSA) is 126 Å². The molecule has 1 aliphatic heterocycles. The number of aromatic nitrogens is 1. The number of aryl methyl sites for hydroxylation is 1. The lowest BCUT2D eigenvalue weighted by Gasteiger charge is -2.49. The molecule has 34 heavy (non-hydrogen) atoms. The van der Waals surface area contributed by atoms with Crippen LogP contribution in [0.3, 0.4) is 0 Å². The first-order chi connectivity index (χ1) is 15.8. The largest absolute Gasteiger partial charge is 0.415 e. The molecule has 2 amide bonds. The van der Waals surface area contributed by atoms with Gasteiger partial charge in [0.1, 0.15) is 11.1 Å². The summed E-state index contributed by atoms with van der Waals surface area (Å²) in [6, 6.07) is 10.0. The van der Waals surface area contributed by atoms with E-state index < -0.39 is 45.6 Å².